The van der Waals surface area contributed by atoms with Crippen LogP contribution in [0.5, 0.6) is 0 Å². The van der Waals surface area contributed by atoms with E-state index in [-0.39, 0.29) is 12.5 Å². The molecule has 1 aromatic heterocycles. The SMILES string of the molecule is CCC(CC(=O)O)Nc1nc(C)ccc1C#N. The van der Waals surface area contributed by atoms with Gasteiger partial charge in [-0.3, -0.25) is 4.79 Å². The Hall–Kier alpha value is -2.09. The molecule has 1 rings (SSSR count). The molecule has 5 heteroatoms. The molecule has 1 unspecified atom stereocenters. The summed E-state index contributed by atoms with van der Waals surface area (Å²) in [4.78, 5) is 14.9. The summed E-state index contributed by atoms with van der Waals surface area (Å²) in [5.74, 6) is -0.406. The van der Waals surface area contributed by atoms with Gasteiger partial charge in [0.15, 0.2) is 0 Å². The van der Waals surface area contributed by atoms with E-state index >= 15 is 0 Å². The minimum Gasteiger partial charge on any atom is -0.481 e. The molecule has 0 spiro atoms. The van der Waals surface area contributed by atoms with Gasteiger partial charge in [-0.1, -0.05) is 6.92 Å². The van der Waals surface area contributed by atoms with Crippen LogP contribution in [-0.2, 0) is 4.79 Å². The average Bonchev–Trinajstić information content (AvgIpc) is 2.28. The van der Waals surface area contributed by atoms with Gasteiger partial charge in [0.1, 0.15) is 11.9 Å². The predicted molar refractivity (Wildman–Crippen MR) is 63.6 cm³/mol. The highest BCUT2D eigenvalue weighted by Gasteiger charge is 2.13. The Bertz CT molecular complexity index is 452. The maximum Gasteiger partial charge on any atom is 0.305 e. The highest BCUT2D eigenvalue weighted by atomic mass is 16.4. The number of rotatable bonds is 5. The van der Waals surface area contributed by atoms with Crippen molar-refractivity contribution in [2.24, 2.45) is 0 Å². The molecule has 0 aliphatic carbocycles. The first-order valence-corrected chi connectivity index (χ1v) is 5.43. The molecule has 5 nitrogen and oxygen atoms in total. The molecular weight excluding hydrogens is 218 g/mol. The second-order valence-corrected chi connectivity index (χ2v) is 3.81. The van der Waals surface area contributed by atoms with Gasteiger partial charge in [0, 0.05) is 11.7 Å². The fourth-order valence-corrected chi connectivity index (χ4v) is 1.46. The van der Waals surface area contributed by atoms with E-state index in [1.165, 1.54) is 0 Å². The van der Waals surface area contributed by atoms with Crippen molar-refractivity contribution < 1.29 is 9.90 Å². The lowest BCUT2D eigenvalue weighted by molar-refractivity contribution is -0.137. The van der Waals surface area contributed by atoms with Crippen LogP contribution in [0.4, 0.5) is 5.82 Å². The summed E-state index contributed by atoms with van der Waals surface area (Å²) >= 11 is 0. The maximum absolute atomic E-state index is 10.7. The first-order valence-electron chi connectivity index (χ1n) is 5.43. The summed E-state index contributed by atoms with van der Waals surface area (Å²) < 4.78 is 0. The molecule has 1 aromatic rings. The van der Waals surface area contributed by atoms with Gasteiger partial charge in [-0.15, -0.1) is 0 Å². The van der Waals surface area contributed by atoms with Gasteiger partial charge in [-0.2, -0.15) is 5.26 Å². The second-order valence-electron chi connectivity index (χ2n) is 3.81. The number of carbonyl (C=O) groups is 1. The standard InChI is InChI=1S/C12H15N3O2/c1-3-10(6-11(16)17)15-12-9(7-13)5-4-8(2)14-12/h4-5,10H,3,6H2,1-2H3,(H,14,15)(H,16,17). The van der Waals surface area contributed by atoms with Crippen molar-refractivity contribution in [3.05, 3.63) is 23.4 Å². The number of aliphatic carboxylic acids is 1. The molecule has 0 radical (unpaired) electrons. The van der Waals surface area contributed by atoms with Gasteiger partial charge >= 0.3 is 5.97 Å². The number of aryl methyl sites for hydroxylation is 1. The van der Waals surface area contributed by atoms with Crippen molar-refractivity contribution >= 4 is 11.8 Å². The second kappa shape index (κ2) is 5.85. The van der Waals surface area contributed by atoms with E-state index in [2.05, 4.69) is 10.3 Å². The maximum atomic E-state index is 10.7. The molecule has 0 aromatic carbocycles. The minimum absolute atomic E-state index is 0.0109. The minimum atomic E-state index is -0.865. The van der Waals surface area contributed by atoms with Gasteiger partial charge in [-0.05, 0) is 25.5 Å². The van der Waals surface area contributed by atoms with Crippen LogP contribution in [0.2, 0.25) is 0 Å². The number of nitriles is 1. The van der Waals surface area contributed by atoms with Gasteiger partial charge in [0.2, 0.25) is 0 Å². The van der Waals surface area contributed by atoms with Crippen LogP contribution in [0.25, 0.3) is 0 Å². The van der Waals surface area contributed by atoms with Crippen LogP contribution >= 0.6 is 0 Å². The number of carboxylic acid groups (broad SMARTS) is 1. The number of anilines is 1. The smallest absolute Gasteiger partial charge is 0.305 e. The van der Waals surface area contributed by atoms with Crippen molar-refractivity contribution in [2.75, 3.05) is 5.32 Å². The molecule has 17 heavy (non-hydrogen) atoms. The fraction of sp³-hybridized carbons (Fsp3) is 0.417. The summed E-state index contributed by atoms with van der Waals surface area (Å²) in [5.41, 5.74) is 1.22. The molecule has 1 atom stereocenters. The summed E-state index contributed by atoms with van der Waals surface area (Å²) in [6.45, 7) is 3.72. The average molecular weight is 233 g/mol. The van der Waals surface area contributed by atoms with Gasteiger partial charge in [0.25, 0.3) is 0 Å². The molecule has 0 saturated carbocycles. The van der Waals surface area contributed by atoms with Crippen molar-refractivity contribution in [3.8, 4) is 6.07 Å². The molecule has 0 aliphatic rings. The van der Waals surface area contributed by atoms with Crippen LogP contribution in [-0.4, -0.2) is 22.1 Å². The molecule has 0 fully saturated rings. The summed E-state index contributed by atoms with van der Waals surface area (Å²) in [5, 5.41) is 20.7. The Morgan fingerprint density at radius 1 is 1.65 bits per heavy atom. The lowest BCUT2D eigenvalue weighted by atomic mass is 10.1. The first-order chi connectivity index (χ1) is 8.06. The predicted octanol–water partition coefficient (Wildman–Crippen LogP) is 1.93. The van der Waals surface area contributed by atoms with E-state index in [0.717, 1.165) is 5.69 Å². The van der Waals surface area contributed by atoms with Gasteiger partial charge in [0.05, 0.1) is 12.0 Å². The number of carboxylic acids is 1. The summed E-state index contributed by atoms with van der Waals surface area (Å²) in [6, 6.07) is 5.25. The van der Waals surface area contributed by atoms with E-state index in [1.807, 2.05) is 19.9 Å². The van der Waals surface area contributed by atoms with Crippen LogP contribution < -0.4 is 5.32 Å². The molecule has 90 valence electrons. The Balaban J connectivity index is 2.89. The van der Waals surface area contributed by atoms with Gasteiger partial charge < -0.3 is 10.4 Å². The third kappa shape index (κ3) is 3.76. The highest BCUT2D eigenvalue weighted by molar-refractivity contribution is 5.68. The number of nitrogens with zero attached hydrogens (tertiary/aromatic N) is 2. The Labute approximate surface area is 100 Å². The monoisotopic (exact) mass is 233 g/mol. The zero-order valence-corrected chi connectivity index (χ0v) is 9.90. The first kappa shape index (κ1) is 13.0. The number of hydrogen-bond donors (Lipinski definition) is 2. The Morgan fingerprint density at radius 3 is 2.88 bits per heavy atom. The van der Waals surface area contributed by atoms with Crippen LogP contribution in [0.1, 0.15) is 31.0 Å². The van der Waals surface area contributed by atoms with E-state index in [1.54, 1.807) is 12.1 Å². The van der Waals surface area contributed by atoms with E-state index in [0.29, 0.717) is 17.8 Å². The zero-order chi connectivity index (χ0) is 12.8. The van der Waals surface area contributed by atoms with Crippen LogP contribution in [0.15, 0.2) is 12.1 Å². The topological polar surface area (TPSA) is 86.0 Å². The zero-order valence-electron chi connectivity index (χ0n) is 9.90. The molecule has 0 aliphatic heterocycles. The molecular formula is C12H15N3O2. The number of aromatic nitrogens is 1. The van der Waals surface area contributed by atoms with Crippen molar-refractivity contribution in [1.29, 1.82) is 5.26 Å². The Kier molecular flexibility index (Phi) is 4.46. The summed E-state index contributed by atoms with van der Waals surface area (Å²) in [7, 11) is 0. The highest BCUT2D eigenvalue weighted by Crippen LogP contribution is 2.15. The molecule has 2 N–H and O–H groups in total. The van der Waals surface area contributed by atoms with Crippen LogP contribution in [0.3, 0.4) is 0 Å². The van der Waals surface area contributed by atoms with Crippen molar-refractivity contribution in [3.63, 3.8) is 0 Å². The van der Waals surface area contributed by atoms with Crippen molar-refractivity contribution in [2.45, 2.75) is 32.7 Å². The largest absolute Gasteiger partial charge is 0.481 e. The number of nitrogens with one attached hydrogen (secondary N) is 1. The van der Waals surface area contributed by atoms with Gasteiger partial charge in [-0.25, -0.2) is 4.98 Å². The molecule has 0 bridgehead atoms. The quantitative estimate of drug-likeness (QED) is 0.811. The number of hydrogen-bond acceptors (Lipinski definition) is 4. The summed E-state index contributed by atoms with van der Waals surface area (Å²) in [6.07, 6.45) is 0.670. The van der Waals surface area contributed by atoms with E-state index in [4.69, 9.17) is 10.4 Å². The van der Waals surface area contributed by atoms with E-state index < -0.39 is 5.97 Å². The Morgan fingerprint density at radius 2 is 2.35 bits per heavy atom. The lowest BCUT2D eigenvalue weighted by Gasteiger charge is -2.16. The number of pyridine rings is 1. The molecule has 0 amide bonds. The lowest BCUT2D eigenvalue weighted by Crippen LogP contribution is -2.23. The fourth-order valence-electron chi connectivity index (χ4n) is 1.46. The molecule has 1 heterocycles. The molecule has 0 saturated heterocycles. The van der Waals surface area contributed by atoms with E-state index in [9.17, 15) is 4.79 Å². The third-order valence-electron chi connectivity index (χ3n) is 2.41. The van der Waals surface area contributed by atoms with Crippen LogP contribution in [0, 0.1) is 18.3 Å². The third-order valence-corrected chi connectivity index (χ3v) is 2.41. The normalized spacial score (nSPS) is 11.6. The van der Waals surface area contributed by atoms with Crippen molar-refractivity contribution in [1.82, 2.24) is 4.98 Å².